The molecule has 2 amide bonds. The van der Waals surface area contributed by atoms with E-state index in [2.05, 4.69) is 24.1 Å². The molecule has 2 atom stereocenters. The number of nitrogens with one attached hydrogen (secondary N) is 1. The first-order valence-electron chi connectivity index (χ1n) is 12.0. The summed E-state index contributed by atoms with van der Waals surface area (Å²) in [5.41, 5.74) is 0.0235. The van der Waals surface area contributed by atoms with Gasteiger partial charge in [0.05, 0.1) is 12.6 Å². The van der Waals surface area contributed by atoms with Crippen LogP contribution in [0.25, 0.3) is 0 Å². The third-order valence-electron chi connectivity index (χ3n) is 5.62. The Morgan fingerprint density at radius 2 is 1.75 bits per heavy atom. The molecule has 1 aliphatic heterocycles. The van der Waals surface area contributed by atoms with Crippen LogP contribution in [0.1, 0.15) is 80.6 Å². The fraction of sp³-hybridized carbons (Fsp3) is 0.800. The van der Waals surface area contributed by atoms with Crippen molar-refractivity contribution in [3.63, 3.8) is 0 Å². The minimum Gasteiger partial charge on any atom is -0.463 e. The molecule has 0 aromatic carbocycles. The second-order valence-corrected chi connectivity index (χ2v) is 9.63. The Kier molecular flexibility index (Phi) is 14.1. The van der Waals surface area contributed by atoms with Crippen LogP contribution in [0.2, 0.25) is 0 Å². The first-order chi connectivity index (χ1) is 14.9. The molecule has 7 heteroatoms. The van der Waals surface area contributed by atoms with E-state index in [0.717, 1.165) is 25.8 Å². The minimum atomic E-state index is -0.642. The molecule has 1 N–H and O–H groups in total. The number of likely N-dealkylation sites (N-methyl/N-ethyl adjacent to an activating group) is 2. The summed E-state index contributed by atoms with van der Waals surface area (Å²) in [6, 6.07) is -0.834. The molecule has 0 aliphatic carbocycles. The maximum absolute atomic E-state index is 13.0. The fourth-order valence-corrected chi connectivity index (χ4v) is 3.21. The highest BCUT2D eigenvalue weighted by Crippen LogP contribution is 2.22. The summed E-state index contributed by atoms with van der Waals surface area (Å²) in [4.78, 5) is 41.2. The van der Waals surface area contributed by atoms with Gasteiger partial charge in [-0.2, -0.15) is 0 Å². The van der Waals surface area contributed by atoms with E-state index >= 15 is 0 Å². The molecule has 2 unspecified atom stereocenters. The highest BCUT2D eigenvalue weighted by Gasteiger charge is 2.37. The molecule has 186 valence electrons. The number of ether oxygens (including phenoxy) is 1. The van der Waals surface area contributed by atoms with Crippen LogP contribution in [0.3, 0.4) is 0 Å². The van der Waals surface area contributed by atoms with Gasteiger partial charge < -0.3 is 15.0 Å². The number of amides is 2. The number of rotatable bonds is 8. The predicted octanol–water partition coefficient (Wildman–Crippen LogP) is 3.78. The number of nitrogens with zero attached hydrogens (tertiary/aromatic N) is 2. The summed E-state index contributed by atoms with van der Waals surface area (Å²) in [5, 5.41) is 2.98. The maximum atomic E-state index is 13.0. The van der Waals surface area contributed by atoms with Crippen LogP contribution in [0.15, 0.2) is 11.6 Å². The molecule has 1 heterocycles. The van der Waals surface area contributed by atoms with Crippen molar-refractivity contribution in [1.29, 1.82) is 0 Å². The Hall–Kier alpha value is -1.89. The lowest BCUT2D eigenvalue weighted by Gasteiger charge is -2.37. The number of unbranched alkanes of at least 4 members (excludes halogenated alkanes) is 1. The van der Waals surface area contributed by atoms with Crippen molar-refractivity contribution in [2.24, 2.45) is 5.41 Å². The molecule has 32 heavy (non-hydrogen) atoms. The predicted molar refractivity (Wildman–Crippen MR) is 130 cm³/mol. The normalized spacial score (nSPS) is 18.2. The van der Waals surface area contributed by atoms with Crippen LogP contribution >= 0.6 is 0 Å². The van der Waals surface area contributed by atoms with Crippen LogP contribution in [-0.2, 0) is 19.1 Å². The smallest absolute Gasteiger partial charge is 0.333 e. The highest BCUT2D eigenvalue weighted by atomic mass is 16.5. The monoisotopic (exact) mass is 453 g/mol. The lowest BCUT2D eigenvalue weighted by atomic mass is 9.85. The maximum Gasteiger partial charge on any atom is 0.333 e. The van der Waals surface area contributed by atoms with E-state index in [-0.39, 0.29) is 30.4 Å². The first-order valence-corrected chi connectivity index (χ1v) is 12.0. The Balaban J connectivity index is 0.00000220. The van der Waals surface area contributed by atoms with Gasteiger partial charge in [-0.15, -0.1) is 0 Å². The summed E-state index contributed by atoms with van der Waals surface area (Å²) in [7, 11) is 3.63. The van der Waals surface area contributed by atoms with Crippen molar-refractivity contribution < 1.29 is 19.1 Å². The first kappa shape index (κ1) is 30.1. The number of hydrogen-bond donors (Lipinski definition) is 1. The van der Waals surface area contributed by atoms with Gasteiger partial charge in [0, 0.05) is 19.2 Å². The van der Waals surface area contributed by atoms with Crippen LogP contribution in [0.4, 0.5) is 0 Å². The molecular formula is C25H47N3O4. The van der Waals surface area contributed by atoms with E-state index in [4.69, 9.17) is 4.74 Å². The van der Waals surface area contributed by atoms with Crippen molar-refractivity contribution in [3.05, 3.63) is 11.6 Å². The quantitative estimate of drug-likeness (QED) is 0.447. The van der Waals surface area contributed by atoms with E-state index < -0.39 is 11.5 Å². The van der Waals surface area contributed by atoms with Crippen LogP contribution in [0, 0.1) is 5.41 Å². The van der Waals surface area contributed by atoms with Gasteiger partial charge in [-0.3, -0.25) is 14.5 Å². The van der Waals surface area contributed by atoms with E-state index in [0.29, 0.717) is 12.2 Å². The van der Waals surface area contributed by atoms with Gasteiger partial charge >= 0.3 is 5.97 Å². The van der Waals surface area contributed by atoms with E-state index in [9.17, 15) is 14.4 Å². The van der Waals surface area contributed by atoms with Gasteiger partial charge in [0.15, 0.2) is 0 Å². The Bertz CT molecular complexity index is 623. The van der Waals surface area contributed by atoms with Gasteiger partial charge in [-0.1, -0.05) is 60.0 Å². The van der Waals surface area contributed by atoms with Gasteiger partial charge in [-0.05, 0) is 45.7 Å². The second-order valence-electron chi connectivity index (χ2n) is 9.63. The summed E-state index contributed by atoms with van der Waals surface area (Å²) in [6.07, 6.45) is 7.24. The van der Waals surface area contributed by atoms with E-state index in [1.807, 2.05) is 27.8 Å². The molecule has 1 rings (SSSR count). The Morgan fingerprint density at radius 3 is 2.22 bits per heavy atom. The van der Waals surface area contributed by atoms with Crippen LogP contribution in [-0.4, -0.2) is 73.5 Å². The van der Waals surface area contributed by atoms with Crippen molar-refractivity contribution in [1.82, 2.24) is 15.1 Å². The topological polar surface area (TPSA) is 79.0 Å². The van der Waals surface area contributed by atoms with Gasteiger partial charge in [0.2, 0.25) is 11.8 Å². The van der Waals surface area contributed by atoms with Crippen molar-refractivity contribution in [3.8, 4) is 0 Å². The van der Waals surface area contributed by atoms with E-state index in [1.165, 1.54) is 17.7 Å². The van der Waals surface area contributed by atoms with Gasteiger partial charge in [-0.25, -0.2) is 4.79 Å². The summed E-state index contributed by atoms with van der Waals surface area (Å²) in [5.74, 6) is -0.654. The largest absolute Gasteiger partial charge is 0.463 e. The molecule has 7 nitrogen and oxygen atoms in total. The van der Waals surface area contributed by atoms with Crippen molar-refractivity contribution in [2.75, 3.05) is 33.8 Å². The number of likely N-dealkylation sites (tertiary alicyclic amines) is 1. The fourth-order valence-electron chi connectivity index (χ4n) is 3.21. The molecular weight excluding hydrogens is 406 g/mol. The van der Waals surface area contributed by atoms with Crippen LogP contribution in [0.5, 0.6) is 0 Å². The molecule has 1 aliphatic rings. The SMILES string of the molecule is CCCC.CCOC(=O)/C(C)=C/CN(C)C(=O)C(NC(=O)C1CCCCN1C)C(C)(C)C. The third-order valence-corrected chi connectivity index (χ3v) is 5.62. The number of piperidine rings is 1. The number of hydrogen-bond acceptors (Lipinski definition) is 5. The Labute approximate surface area is 195 Å². The third kappa shape index (κ3) is 10.6. The molecule has 0 spiro atoms. The van der Waals surface area contributed by atoms with E-state index in [1.54, 1.807) is 27.0 Å². The number of carbonyl (C=O) groups excluding carboxylic acids is 3. The molecule has 1 saturated heterocycles. The zero-order valence-electron chi connectivity index (χ0n) is 21.9. The zero-order valence-corrected chi connectivity index (χ0v) is 21.9. The molecule has 0 radical (unpaired) electrons. The zero-order chi connectivity index (χ0) is 24.9. The molecule has 0 bridgehead atoms. The van der Waals surface area contributed by atoms with Crippen molar-refractivity contribution in [2.45, 2.75) is 92.7 Å². The minimum absolute atomic E-state index is 0.0953. The summed E-state index contributed by atoms with van der Waals surface area (Å²) in [6.45, 7) is 15.1. The standard InChI is InChI=1S/C21H37N3O4.C4H10/c1-8-28-20(27)15(2)12-14-24(7)19(26)17(21(3,4)5)22-18(25)16-11-9-10-13-23(16)6;1-3-4-2/h12,16-17H,8-11,13-14H2,1-7H3,(H,22,25);3-4H2,1-2H3/b15-12+;. The lowest BCUT2D eigenvalue weighted by molar-refractivity contribution is -0.140. The van der Waals surface area contributed by atoms with Gasteiger partial charge in [0.25, 0.3) is 0 Å². The average Bonchev–Trinajstić information content (AvgIpc) is 2.74. The lowest BCUT2D eigenvalue weighted by Crippen LogP contribution is -2.58. The van der Waals surface area contributed by atoms with Crippen molar-refractivity contribution >= 4 is 17.8 Å². The Morgan fingerprint density at radius 1 is 1.16 bits per heavy atom. The number of carbonyl (C=O) groups is 3. The molecule has 0 aromatic heterocycles. The highest BCUT2D eigenvalue weighted by molar-refractivity contribution is 5.91. The van der Waals surface area contributed by atoms with Crippen LogP contribution < -0.4 is 5.32 Å². The second kappa shape index (κ2) is 15.0. The van der Waals surface area contributed by atoms with Gasteiger partial charge in [0.1, 0.15) is 6.04 Å². The summed E-state index contributed by atoms with van der Waals surface area (Å²) >= 11 is 0. The summed E-state index contributed by atoms with van der Waals surface area (Å²) < 4.78 is 4.96. The molecule has 0 saturated carbocycles. The molecule has 1 fully saturated rings. The molecule has 0 aromatic rings. The number of esters is 1. The average molecular weight is 454 g/mol.